The quantitative estimate of drug-likeness (QED) is 0.450. The maximum Gasteiger partial charge on any atom is 0.230 e. The summed E-state index contributed by atoms with van der Waals surface area (Å²) in [4.78, 5) is 8.68. The fourth-order valence-electron chi connectivity index (χ4n) is 3.16. The fraction of sp³-hybridized carbons (Fsp3) is 0.0476. The van der Waals surface area contributed by atoms with Gasteiger partial charge in [-0.1, -0.05) is 6.07 Å². The summed E-state index contributed by atoms with van der Waals surface area (Å²) in [6.07, 6.45) is 7.10. The monoisotopic (exact) mass is 341 g/mol. The van der Waals surface area contributed by atoms with Gasteiger partial charge in [0.05, 0.1) is 17.3 Å². The van der Waals surface area contributed by atoms with Crippen molar-refractivity contribution in [2.45, 2.75) is 6.92 Å². The van der Waals surface area contributed by atoms with Crippen LogP contribution in [0.2, 0.25) is 0 Å². The van der Waals surface area contributed by atoms with E-state index in [0.29, 0.717) is 5.88 Å². The summed E-state index contributed by atoms with van der Waals surface area (Å²) >= 11 is 0. The van der Waals surface area contributed by atoms with Crippen molar-refractivity contribution in [3.63, 3.8) is 0 Å². The smallest absolute Gasteiger partial charge is 0.230 e. The predicted molar refractivity (Wildman–Crippen MR) is 99.4 cm³/mol. The number of pyridine rings is 2. The first-order valence-corrected chi connectivity index (χ1v) is 8.33. The number of aryl methyl sites for hydroxylation is 1. The molecule has 26 heavy (non-hydrogen) atoms. The molecule has 0 N–H and O–H groups in total. The fourth-order valence-corrected chi connectivity index (χ4v) is 3.16. The van der Waals surface area contributed by atoms with Crippen molar-refractivity contribution >= 4 is 16.6 Å². The summed E-state index contributed by atoms with van der Waals surface area (Å²) in [5.41, 5.74) is 4.91. The molecule has 0 bridgehead atoms. The van der Waals surface area contributed by atoms with Gasteiger partial charge in [-0.05, 0) is 60.5 Å². The van der Waals surface area contributed by atoms with E-state index in [0.717, 1.165) is 39.2 Å². The minimum absolute atomic E-state index is 0.545. The SMILES string of the molecule is Cc1cc(-c2cccc3nccn23)ccc1Oc1nccc2occc12. The van der Waals surface area contributed by atoms with E-state index in [1.807, 2.05) is 49.5 Å². The third kappa shape index (κ3) is 2.33. The van der Waals surface area contributed by atoms with Crippen LogP contribution in [0.4, 0.5) is 0 Å². The van der Waals surface area contributed by atoms with Gasteiger partial charge in [0.15, 0.2) is 0 Å². The molecule has 0 aliphatic carbocycles. The van der Waals surface area contributed by atoms with Crippen LogP contribution in [0.1, 0.15) is 5.56 Å². The van der Waals surface area contributed by atoms with Gasteiger partial charge in [0.25, 0.3) is 0 Å². The number of hydrogen-bond acceptors (Lipinski definition) is 4. The third-order valence-electron chi connectivity index (χ3n) is 4.45. The van der Waals surface area contributed by atoms with E-state index >= 15 is 0 Å². The number of nitrogens with zero attached hydrogens (tertiary/aromatic N) is 3. The van der Waals surface area contributed by atoms with Crippen molar-refractivity contribution < 1.29 is 9.15 Å². The molecule has 5 rings (SSSR count). The molecule has 0 aliphatic rings. The van der Waals surface area contributed by atoms with Gasteiger partial charge >= 0.3 is 0 Å². The lowest BCUT2D eigenvalue weighted by Gasteiger charge is -2.11. The lowest BCUT2D eigenvalue weighted by molar-refractivity contribution is 0.465. The largest absolute Gasteiger partial charge is 0.464 e. The molecule has 4 heterocycles. The first kappa shape index (κ1) is 14.7. The second kappa shape index (κ2) is 5.74. The Bertz CT molecular complexity index is 1240. The average Bonchev–Trinajstić information content (AvgIpc) is 3.32. The zero-order valence-electron chi connectivity index (χ0n) is 14.1. The number of ether oxygens (including phenoxy) is 1. The zero-order valence-corrected chi connectivity index (χ0v) is 14.1. The summed E-state index contributed by atoms with van der Waals surface area (Å²) < 4.78 is 13.5. The topological polar surface area (TPSA) is 52.6 Å². The van der Waals surface area contributed by atoms with E-state index in [-0.39, 0.29) is 0 Å². The highest BCUT2D eigenvalue weighted by molar-refractivity contribution is 5.82. The van der Waals surface area contributed by atoms with Gasteiger partial charge in [-0.15, -0.1) is 0 Å². The van der Waals surface area contributed by atoms with E-state index in [9.17, 15) is 0 Å². The summed E-state index contributed by atoms with van der Waals surface area (Å²) in [6, 6.07) is 15.9. The predicted octanol–water partition coefficient (Wildman–Crippen LogP) is 5.24. The molecule has 0 saturated carbocycles. The molecule has 0 radical (unpaired) electrons. The van der Waals surface area contributed by atoms with Gasteiger partial charge in [-0.3, -0.25) is 4.40 Å². The number of aromatic nitrogens is 3. The van der Waals surface area contributed by atoms with Gasteiger partial charge in [0.1, 0.15) is 17.0 Å². The Hall–Kier alpha value is -3.60. The standard InChI is InChI=1S/C21H15N3O2/c1-14-13-15(17-3-2-4-20-22-10-11-24(17)20)5-6-18(14)26-21-16-8-12-25-19(16)7-9-23-21/h2-13H,1H3. The lowest BCUT2D eigenvalue weighted by Crippen LogP contribution is -1.94. The van der Waals surface area contributed by atoms with Gasteiger partial charge in [0, 0.05) is 18.6 Å². The number of imidazole rings is 1. The third-order valence-corrected chi connectivity index (χ3v) is 4.45. The van der Waals surface area contributed by atoms with Crippen LogP contribution in [0.5, 0.6) is 11.6 Å². The highest BCUT2D eigenvalue weighted by Crippen LogP contribution is 2.32. The minimum atomic E-state index is 0.545. The average molecular weight is 341 g/mol. The second-order valence-corrected chi connectivity index (χ2v) is 6.10. The molecule has 5 nitrogen and oxygen atoms in total. The van der Waals surface area contributed by atoms with Gasteiger partial charge in [-0.2, -0.15) is 0 Å². The van der Waals surface area contributed by atoms with Crippen LogP contribution in [-0.4, -0.2) is 14.4 Å². The maximum atomic E-state index is 6.05. The Morgan fingerprint density at radius 2 is 1.96 bits per heavy atom. The molecule has 5 heteroatoms. The molecule has 4 aromatic heterocycles. The molecule has 0 amide bonds. The molecule has 0 saturated heterocycles. The number of fused-ring (bicyclic) bond motifs is 2. The molecular weight excluding hydrogens is 326 g/mol. The van der Waals surface area contributed by atoms with Crippen molar-refractivity contribution in [3.05, 3.63) is 78.9 Å². The van der Waals surface area contributed by atoms with Crippen molar-refractivity contribution in [1.29, 1.82) is 0 Å². The van der Waals surface area contributed by atoms with Gasteiger partial charge < -0.3 is 9.15 Å². The molecule has 5 aromatic rings. The van der Waals surface area contributed by atoms with Gasteiger partial charge in [-0.25, -0.2) is 9.97 Å². The van der Waals surface area contributed by atoms with Crippen molar-refractivity contribution in [2.75, 3.05) is 0 Å². The van der Waals surface area contributed by atoms with Crippen LogP contribution in [0.15, 0.2) is 77.8 Å². The molecule has 0 spiro atoms. The minimum Gasteiger partial charge on any atom is -0.464 e. The Labute approximate surface area is 149 Å². The molecule has 1 aromatic carbocycles. The van der Waals surface area contributed by atoms with E-state index < -0.39 is 0 Å². The van der Waals surface area contributed by atoms with E-state index in [4.69, 9.17) is 9.15 Å². The second-order valence-electron chi connectivity index (χ2n) is 6.10. The zero-order chi connectivity index (χ0) is 17.5. The Balaban J connectivity index is 1.55. The molecular formula is C21H15N3O2. The van der Waals surface area contributed by atoms with Crippen molar-refractivity contribution in [1.82, 2.24) is 14.4 Å². The summed E-state index contributed by atoms with van der Waals surface area (Å²) in [7, 11) is 0. The summed E-state index contributed by atoms with van der Waals surface area (Å²) in [6.45, 7) is 2.03. The number of furan rings is 1. The first-order chi connectivity index (χ1) is 12.8. The van der Waals surface area contributed by atoms with E-state index in [1.54, 1.807) is 18.7 Å². The molecule has 0 atom stereocenters. The summed E-state index contributed by atoms with van der Waals surface area (Å²) in [5, 5.41) is 0.860. The molecule has 126 valence electrons. The Kier molecular flexibility index (Phi) is 3.25. The van der Waals surface area contributed by atoms with Crippen molar-refractivity contribution in [2.24, 2.45) is 0 Å². The number of rotatable bonds is 3. The number of hydrogen-bond donors (Lipinski definition) is 0. The molecule has 0 fully saturated rings. The Morgan fingerprint density at radius 1 is 1.00 bits per heavy atom. The van der Waals surface area contributed by atoms with Crippen LogP contribution in [0.3, 0.4) is 0 Å². The van der Waals surface area contributed by atoms with Crippen LogP contribution < -0.4 is 4.74 Å². The van der Waals surface area contributed by atoms with Crippen LogP contribution in [0.25, 0.3) is 27.9 Å². The number of benzene rings is 1. The van der Waals surface area contributed by atoms with Crippen LogP contribution in [0, 0.1) is 6.92 Å². The van der Waals surface area contributed by atoms with E-state index in [2.05, 4.69) is 26.5 Å². The Morgan fingerprint density at radius 3 is 2.88 bits per heavy atom. The molecule has 0 aliphatic heterocycles. The maximum absolute atomic E-state index is 6.05. The van der Waals surface area contributed by atoms with Crippen LogP contribution in [-0.2, 0) is 0 Å². The van der Waals surface area contributed by atoms with Crippen molar-refractivity contribution in [3.8, 4) is 22.9 Å². The summed E-state index contributed by atoms with van der Waals surface area (Å²) in [5.74, 6) is 1.32. The normalized spacial score (nSPS) is 11.3. The lowest BCUT2D eigenvalue weighted by atomic mass is 10.1. The van der Waals surface area contributed by atoms with Crippen LogP contribution >= 0.6 is 0 Å². The van der Waals surface area contributed by atoms with E-state index in [1.165, 1.54) is 0 Å². The molecule has 0 unspecified atom stereocenters. The highest BCUT2D eigenvalue weighted by atomic mass is 16.5. The highest BCUT2D eigenvalue weighted by Gasteiger charge is 2.11. The van der Waals surface area contributed by atoms with Gasteiger partial charge in [0.2, 0.25) is 5.88 Å². The first-order valence-electron chi connectivity index (χ1n) is 8.33.